The highest BCUT2D eigenvalue weighted by molar-refractivity contribution is 7.52. The van der Waals surface area contributed by atoms with Crippen molar-refractivity contribution >= 4 is 24.5 Å². The normalized spacial score (nSPS) is 13.5. The van der Waals surface area contributed by atoms with Crippen LogP contribution >= 0.6 is 7.60 Å². The second-order valence-corrected chi connectivity index (χ2v) is 6.15. The van der Waals surface area contributed by atoms with Gasteiger partial charge in [0.05, 0.1) is 0 Å². The van der Waals surface area contributed by atoms with Crippen LogP contribution in [0.25, 0.3) is 11.0 Å². The zero-order chi connectivity index (χ0) is 14.2. The second-order valence-electron chi connectivity index (χ2n) is 4.25. The van der Waals surface area contributed by atoms with E-state index in [9.17, 15) is 9.36 Å². The monoisotopic (exact) mass is 284 g/mol. The van der Waals surface area contributed by atoms with Crippen LogP contribution in [0.15, 0.2) is 28.7 Å². The van der Waals surface area contributed by atoms with Crippen LogP contribution in [0, 0.1) is 6.92 Å². The van der Waals surface area contributed by atoms with Gasteiger partial charge in [-0.05, 0) is 31.5 Å². The molecule has 0 spiro atoms. The van der Waals surface area contributed by atoms with Gasteiger partial charge in [0.1, 0.15) is 5.58 Å². The lowest BCUT2D eigenvalue weighted by atomic mass is 10.2. The van der Waals surface area contributed by atoms with E-state index < -0.39 is 19.4 Å². The van der Waals surface area contributed by atoms with Crippen molar-refractivity contribution in [2.75, 3.05) is 0 Å². The molecule has 0 aliphatic carbocycles. The van der Waals surface area contributed by atoms with Crippen molar-refractivity contribution in [2.24, 2.45) is 0 Å². The predicted octanol–water partition coefficient (Wildman–Crippen LogP) is 2.42. The Bertz CT molecular complexity index is 668. The zero-order valence-electron chi connectivity index (χ0n) is 10.4. The number of carbonyl (C=O) groups is 1. The number of benzene rings is 1. The molecule has 7 heteroatoms. The van der Waals surface area contributed by atoms with Crippen molar-refractivity contribution in [1.29, 1.82) is 0 Å². The van der Waals surface area contributed by atoms with E-state index in [2.05, 4.69) is 4.74 Å². The van der Waals surface area contributed by atoms with Crippen molar-refractivity contribution < 1.29 is 28.3 Å². The van der Waals surface area contributed by atoms with Crippen LogP contribution in [0.1, 0.15) is 23.0 Å². The summed E-state index contributed by atoms with van der Waals surface area (Å²) in [7, 11) is -4.46. The Hall–Kier alpha value is -1.62. The fourth-order valence-electron chi connectivity index (χ4n) is 1.52. The van der Waals surface area contributed by atoms with Crippen molar-refractivity contribution in [3.8, 4) is 0 Å². The Kier molecular flexibility index (Phi) is 3.49. The van der Waals surface area contributed by atoms with E-state index >= 15 is 0 Å². The number of furan rings is 1. The van der Waals surface area contributed by atoms with Gasteiger partial charge in [0.15, 0.2) is 5.85 Å². The van der Waals surface area contributed by atoms with E-state index in [4.69, 9.17) is 14.2 Å². The Balaban J connectivity index is 2.25. The third-order valence-corrected chi connectivity index (χ3v) is 3.68. The summed E-state index contributed by atoms with van der Waals surface area (Å²) in [5, 5.41) is 0.724. The molecule has 0 aliphatic heterocycles. The number of ether oxygens (including phenoxy) is 1. The molecule has 0 radical (unpaired) electrons. The quantitative estimate of drug-likeness (QED) is 0.663. The van der Waals surface area contributed by atoms with Crippen molar-refractivity contribution in [3.63, 3.8) is 0 Å². The van der Waals surface area contributed by atoms with Crippen LogP contribution in [-0.4, -0.2) is 21.6 Å². The molecule has 0 fully saturated rings. The number of aryl methyl sites for hydroxylation is 1. The molecule has 1 heterocycles. The van der Waals surface area contributed by atoms with E-state index in [0.717, 1.165) is 17.9 Å². The lowest BCUT2D eigenvalue weighted by molar-refractivity contribution is 0.0395. The summed E-state index contributed by atoms with van der Waals surface area (Å²) in [5.41, 5.74) is 1.50. The highest BCUT2D eigenvalue weighted by atomic mass is 31.2. The number of fused-ring (bicyclic) bond motifs is 1. The summed E-state index contributed by atoms with van der Waals surface area (Å²) >= 11 is 0. The fraction of sp³-hybridized carbons (Fsp3) is 0.250. The van der Waals surface area contributed by atoms with Gasteiger partial charge in [0.25, 0.3) is 0 Å². The molecule has 1 aromatic heterocycles. The number of rotatable bonds is 3. The van der Waals surface area contributed by atoms with E-state index in [0.29, 0.717) is 5.58 Å². The Morgan fingerprint density at radius 1 is 1.37 bits per heavy atom. The standard InChI is InChI=1S/C12H13O6P/c1-7-3-4-9-6-11(18-10(9)5-7)12(13)17-8(2)19(14,15)16/h3-6,8H,1-2H3,(H2,14,15,16). The van der Waals surface area contributed by atoms with Crippen LogP contribution in [0.5, 0.6) is 0 Å². The summed E-state index contributed by atoms with van der Waals surface area (Å²) in [6, 6.07) is 6.89. The smallest absolute Gasteiger partial charge is 0.375 e. The van der Waals surface area contributed by atoms with Gasteiger partial charge in [-0.15, -0.1) is 0 Å². The molecule has 1 atom stereocenters. The van der Waals surface area contributed by atoms with E-state index in [-0.39, 0.29) is 5.76 Å². The molecule has 0 saturated carbocycles. The van der Waals surface area contributed by atoms with Crippen LogP contribution in [0.2, 0.25) is 0 Å². The SMILES string of the molecule is Cc1ccc2cc(C(=O)OC(C)P(=O)(O)O)oc2c1. The van der Waals surface area contributed by atoms with Crippen LogP contribution < -0.4 is 0 Å². The summed E-state index contributed by atoms with van der Waals surface area (Å²) in [6.45, 7) is 3.02. The van der Waals surface area contributed by atoms with Crippen LogP contribution in [-0.2, 0) is 9.30 Å². The van der Waals surface area contributed by atoms with Gasteiger partial charge in [0, 0.05) is 5.39 Å². The highest BCUT2D eigenvalue weighted by Crippen LogP contribution is 2.41. The van der Waals surface area contributed by atoms with Crippen molar-refractivity contribution in [1.82, 2.24) is 0 Å². The Morgan fingerprint density at radius 2 is 2.05 bits per heavy atom. The maximum atomic E-state index is 11.7. The van der Waals surface area contributed by atoms with Gasteiger partial charge in [-0.3, -0.25) is 4.57 Å². The predicted molar refractivity (Wildman–Crippen MR) is 67.9 cm³/mol. The molecule has 1 aromatic carbocycles. The molecular weight excluding hydrogens is 271 g/mol. The van der Waals surface area contributed by atoms with Gasteiger partial charge >= 0.3 is 13.6 Å². The maximum absolute atomic E-state index is 11.7. The Morgan fingerprint density at radius 3 is 2.68 bits per heavy atom. The molecule has 6 nitrogen and oxygen atoms in total. The minimum atomic E-state index is -4.46. The first-order chi connectivity index (χ1) is 8.77. The summed E-state index contributed by atoms with van der Waals surface area (Å²) in [6.07, 6.45) is 0. The zero-order valence-corrected chi connectivity index (χ0v) is 11.3. The molecule has 0 bridgehead atoms. The molecule has 2 rings (SSSR count). The molecular formula is C12H13O6P. The third kappa shape index (κ3) is 3.04. The van der Waals surface area contributed by atoms with Crippen molar-refractivity contribution in [2.45, 2.75) is 19.7 Å². The number of carbonyl (C=O) groups excluding carboxylic acids is 1. The number of esters is 1. The average molecular weight is 284 g/mol. The van der Waals surface area contributed by atoms with Gasteiger partial charge in [-0.25, -0.2) is 4.79 Å². The Labute approximate surface area is 109 Å². The second kappa shape index (κ2) is 4.81. The van der Waals surface area contributed by atoms with Crippen molar-refractivity contribution in [3.05, 3.63) is 35.6 Å². The molecule has 0 aliphatic rings. The number of hydrogen-bond donors (Lipinski definition) is 2. The van der Waals surface area contributed by atoms with Crippen LogP contribution in [0.4, 0.5) is 0 Å². The minimum Gasteiger partial charge on any atom is -0.449 e. The van der Waals surface area contributed by atoms with Gasteiger partial charge in [-0.1, -0.05) is 12.1 Å². The van der Waals surface area contributed by atoms with E-state index in [1.165, 1.54) is 6.07 Å². The highest BCUT2D eigenvalue weighted by Gasteiger charge is 2.29. The molecule has 102 valence electrons. The molecule has 19 heavy (non-hydrogen) atoms. The molecule has 0 amide bonds. The van der Waals surface area contributed by atoms with E-state index in [1.807, 2.05) is 13.0 Å². The lowest BCUT2D eigenvalue weighted by Gasteiger charge is -2.12. The summed E-state index contributed by atoms with van der Waals surface area (Å²) < 4.78 is 20.9. The maximum Gasteiger partial charge on any atom is 0.375 e. The number of hydrogen-bond acceptors (Lipinski definition) is 4. The third-order valence-electron chi connectivity index (χ3n) is 2.63. The van der Waals surface area contributed by atoms with Crippen LogP contribution in [0.3, 0.4) is 0 Å². The summed E-state index contributed by atoms with van der Waals surface area (Å²) in [5.74, 6) is -2.49. The van der Waals surface area contributed by atoms with E-state index in [1.54, 1.807) is 12.1 Å². The lowest BCUT2D eigenvalue weighted by Crippen LogP contribution is -2.14. The summed E-state index contributed by atoms with van der Waals surface area (Å²) in [4.78, 5) is 29.4. The topological polar surface area (TPSA) is 97.0 Å². The fourth-order valence-corrected chi connectivity index (χ4v) is 1.75. The van der Waals surface area contributed by atoms with Gasteiger partial charge in [-0.2, -0.15) is 0 Å². The molecule has 1 unspecified atom stereocenters. The van der Waals surface area contributed by atoms with Gasteiger partial charge in [0.2, 0.25) is 5.76 Å². The first-order valence-corrected chi connectivity index (χ1v) is 7.22. The molecule has 2 aromatic rings. The largest absolute Gasteiger partial charge is 0.449 e. The van der Waals surface area contributed by atoms with Gasteiger partial charge < -0.3 is 18.9 Å². The first-order valence-electron chi connectivity index (χ1n) is 5.54. The average Bonchev–Trinajstić information content (AvgIpc) is 2.70. The first kappa shape index (κ1) is 13.8. The minimum absolute atomic E-state index is 0.0825. The molecule has 0 saturated heterocycles. The molecule has 2 N–H and O–H groups in total.